The van der Waals surface area contributed by atoms with E-state index in [1.807, 2.05) is 91.2 Å². The Balaban J connectivity index is 1.43. The third-order valence-corrected chi connectivity index (χ3v) is 8.66. The summed E-state index contributed by atoms with van der Waals surface area (Å²) in [4.78, 5) is 40.0. The highest BCUT2D eigenvalue weighted by molar-refractivity contribution is 8.00. The summed E-state index contributed by atoms with van der Waals surface area (Å²) in [6, 6.07) is 25.0. The van der Waals surface area contributed by atoms with Crippen molar-refractivity contribution in [2.45, 2.75) is 36.8 Å². The van der Waals surface area contributed by atoms with E-state index in [0.29, 0.717) is 16.3 Å². The number of hydrogen-bond acceptors (Lipinski definition) is 6. The second-order valence-corrected chi connectivity index (χ2v) is 11.7. The smallest absolute Gasteiger partial charge is 0.341 e. The number of benzene rings is 3. The third kappa shape index (κ3) is 6.63. The summed E-state index contributed by atoms with van der Waals surface area (Å²) in [6.45, 7) is 4.00. The molecule has 0 radical (unpaired) electrons. The number of carbonyl (C=O) groups excluding carboxylic acids is 3. The minimum Gasteiger partial charge on any atom is -0.462 e. The van der Waals surface area contributed by atoms with Gasteiger partial charge in [-0.1, -0.05) is 66.2 Å². The molecule has 0 saturated heterocycles. The molecule has 1 aromatic heterocycles. The summed E-state index contributed by atoms with van der Waals surface area (Å²) in [7, 11) is 0. The van der Waals surface area contributed by atoms with E-state index in [-0.39, 0.29) is 24.3 Å². The van der Waals surface area contributed by atoms with Crippen LogP contribution in [0.5, 0.6) is 0 Å². The third-order valence-electron chi connectivity index (χ3n) is 6.51. The minimum absolute atomic E-state index is 0.0353. The van der Waals surface area contributed by atoms with Crippen molar-refractivity contribution in [1.82, 2.24) is 0 Å². The van der Waals surface area contributed by atoms with E-state index in [2.05, 4.69) is 10.6 Å². The summed E-state index contributed by atoms with van der Waals surface area (Å²) in [5, 5.41) is 7.73. The standard InChI is InChI=1S/C32H30N2O4S2/c1-3-38-32(37)27-26(21-14-12-20(2)13-15-21)19-39-31(27)34-30(36)28(22-8-5-4-6-9-22)40-25-11-7-10-24(18-25)33-29(35)23-16-17-23/h4-15,18-19,23,28H,3,16-17H2,1-2H3,(H,33,35)(H,34,36). The van der Waals surface area contributed by atoms with Gasteiger partial charge in [0.05, 0.1) is 6.61 Å². The number of thioether (sulfide) groups is 1. The fourth-order valence-corrected chi connectivity index (χ4v) is 6.30. The van der Waals surface area contributed by atoms with E-state index in [0.717, 1.165) is 40.0 Å². The molecule has 6 nitrogen and oxygen atoms in total. The maximum atomic E-state index is 13.9. The number of amides is 2. The molecule has 1 aliphatic rings. The summed E-state index contributed by atoms with van der Waals surface area (Å²) in [5.41, 5.74) is 4.60. The van der Waals surface area contributed by atoms with Crippen molar-refractivity contribution >= 4 is 51.6 Å². The van der Waals surface area contributed by atoms with E-state index in [1.165, 1.54) is 23.1 Å². The molecule has 0 spiro atoms. The van der Waals surface area contributed by atoms with Crippen LogP contribution in [0.25, 0.3) is 11.1 Å². The zero-order valence-corrected chi connectivity index (χ0v) is 23.9. The van der Waals surface area contributed by atoms with Crippen molar-refractivity contribution in [3.05, 3.63) is 101 Å². The largest absolute Gasteiger partial charge is 0.462 e. The Morgan fingerprint density at radius 1 is 0.975 bits per heavy atom. The normalized spacial score (nSPS) is 13.3. The lowest BCUT2D eigenvalue weighted by atomic mass is 10.0. The van der Waals surface area contributed by atoms with Crippen molar-refractivity contribution in [1.29, 1.82) is 0 Å². The fraction of sp³-hybridized carbons (Fsp3) is 0.219. The van der Waals surface area contributed by atoms with Crippen LogP contribution in [0.4, 0.5) is 10.7 Å². The topological polar surface area (TPSA) is 84.5 Å². The first-order valence-corrected chi connectivity index (χ1v) is 15.0. The van der Waals surface area contributed by atoms with Crippen LogP contribution < -0.4 is 10.6 Å². The van der Waals surface area contributed by atoms with E-state index >= 15 is 0 Å². The molecule has 4 aromatic rings. The Hall–Kier alpha value is -3.88. The lowest BCUT2D eigenvalue weighted by molar-refractivity contribution is -0.117. The van der Waals surface area contributed by atoms with E-state index in [9.17, 15) is 14.4 Å². The molecule has 1 fully saturated rings. The average molecular weight is 571 g/mol. The van der Waals surface area contributed by atoms with E-state index in [1.54, 1.807) is 6.92 Å². The molecule has 1 unspecified atom stereocenters. The van der Waals surface area contributed by atoms with Gasteiger partial charge in [0.1, 0.15) is 15.8 Å². The first kappa shape index (κ1) is 27.7. The molecule has 2 N–H and O–H groups in total. The first-order valence-electron chi connectivity index (χ1n) is 13.2. The van der Waals surface area contributed by atoms with Crippen LogP contribution in [0, 0.1) is 12.8 Å². The van der Waals surface area contributed by atoms with Crippen molar-refractivity contribution in [2.75, 3.05) is 17.2 Å². The molecular formula is C32H30N2O4S2. The van der Waals surface area contributed by atoms with Crippen molar-refractivity contribution < 1.29 is 19.1 Å². The molecule has 1 aliphatic carbocycles. The van der Waals surface area contributed by atoms with Gasteiger partial charge in [-0.2, -0.15) is 0 Å². The Kier molecular flexibility index (Phi) is 8.67. The maximum absolute atomic E-state index is 13.9. The van der Waals surface area contributed by atoms with Gasteiger partial charge in [-0.15, -0.1) is 23.1 Å². The highest BCUT2D eigenvalue weighted by Gasteiger charge is 2.30. The average Bonchev–Trinajstić information content (AvgIpc) is 3.73. The molecule has 1 atom stereocenters. The number of aryl methyl sites for hydroxylation is 1. The van der Waals surface area contributed by atoms with Crippen LogP contribution in [0.3, 0.4) is 0 Å². The molecule has 3 aromatic carbocycles. The van der Waals surface area contributed by atoms with Gasteiger partial charge in [0.25, 0.3) is 0 Å². The molecule has 204 valence electrons. The van der Waals surface area contributed by atoms with Crippen molar-refractivity contribution in [2.24, 2.45) is 5.92 Å². The minimum atomic E-state index is -0.601. The number of nitrogens with one attached hydrogen (secondary N) is 2. The number of carbonyl (C=O) groups is 3. The van der Waals surface area contributed by atoms with Gasteiger partial charge in [0, 0.05) is 27.4 Å². The fourth-order valence-electron chi connectivity index (χ4n) is 4.25. The van der Waals surface area contributed by atoms with Gasteiger partial charge in [-0.25, -0.2) is 4.79 Å². The van der Waals surface area contributed by atoms with Gasteiger partial charge in [-0.3, -0.25) is 9.59 Å². The molecule has 0 aliphatic heterocycles. The Labute approximate surface area is 242 Å². The van der Waals surface area contributed by atoms with Gasteiger partial charge >= 0.3 is 5.97 Å². The van der Waals surface area contributed by atoms with Gasteiger partial charge < -0.3 is 15.4 Å². The predicted octanol–water partition coefficient (Wildman–Crippen LogP) is 7.72. The van der Waals surface area contributed by atoms with Crippen LogP contribution in [0.15, 0.2) is 89.1 Å². The number of hydrogen-bond donors (Lipinski definition) is 2. The summed E-state index contributed by atoms with van der Waals surface area (Å²) >= 11 is 2.69. The van der Waals surface area contributed by atoms with Crippen molar-refractivity contribution in [3.8, 4) is 11.1 Å². The molecule has 5 rings (SSSR count). The van der Waals surface area contributed by atoms with E-state index < -0.39 is 11.2 Å². The van der Waals surface area contributed by atoms with Gasteiger partial charge in [-0.05, 0) is 56.0 Å². The summed E-state index contributed by atoms with van der Waals surface area (Å²) in [5.74, 6) is -0.597. The number of thiophene rings is 1. The summed E-state index contributed by atoms with van der Waals surface area (Å²) < 4.78 is 5.38. The highest BCUT2D eigenvalue weighted by atomic mass is 32.2. The number of esters is 1. The van der Waals surface area contributed by atoms with Gasteiger partial charge in [0.2, 0.25) is 11.8 Å². The van der Waals surface area contributed by atoms with Crippen LogP contribution >= 0.6 is 23.1 Å². The first-order chi connectivity index (χ1) is 19.4. The highest BCUT2D eigenvalue weighted by Crippen LogP contribution is 2.41. The molecule has 40 heavy (non-hydrogen) atoms. The molecule has 1 saturated carbocycles. The molecule has 0 bridgehead atoms. The Bertz CT molecular complexity index is 1510. The van der Waals surface area contributed by atoms with Crippen LogP contribution in [0.2, 0.25) is 0 Å². The number of anilines is 2. The number of ether oxygens (including phenoxy) is 1. The van der Waals surface area contributed by atoms with Crippen molar-refractivity contribution in [3.63, 3.8) is 0 Å². The lowest BCUT2D eigenvalue weighted by Gasteiger charge is -2.18. The van der Waals surface area contributed by atoms with Crippen LogP contribution in [0.1, 0.15) is 46.5 Å². The predicted molar refractivity (Wildman–Crippen MR) is 162 cm³/mol. The molecule has 1 heterocycles. The second kappa shape index (κ2) is 12.5. The number of rotatable bonds is 10. The van der Waals surface area contributed by atoms with Crippen LogP contribution in [-0.4, -0.2) is 24.4 Å². The zero-order valence-electron chi connectivity index (χ0n) is 22.3. The Morgan fingerprint density at radius 3 is 2.42 bits per heavy atom. The Morgan fingerprint density at radius 2 is 1.73 bits per heavy atom. The maximum Gasteiger partial charge on any atom is 0.341 e. The molecular weight excluding hydrogens is 540 g/mol. The summed E-state index contributed by atoms with van der Waals surface area (Å²) in [6.07, 6.45) is 1.86. The quantitative estimate of drug-likeness (QED) is 0.151. The molecule has 2 amide bonds. The van der Waals surface area contributed by atoms with E-state index in [4.69, 9.17) is 4.74 Å². The van der Waals surface area contributed by atoms with Gasteiger partial charge in [0.15, 0.2) is 0 Å². The SMILES string of the molecule is CCOC(=O)c1c(-c2ccc(C)cc2)csc1NC(=O)C(Sc1cccc(NC(=O)C2CC2)c1)c1ccccc1. The second-order valence-electron chi connectivity index (χ2n) is 9.63. The zero-order chi connectivity index (χ0) is 28.1. The lowest BCUT2D eigenvalue weighted by Crippen LogP contribution is -2.20. The monoisotopic (exact) mass is 570 g/mol. The molecule has 8 heteroatoms. The van der Waals surface area contributed by atoms with Crippen LogP contribution in [-0.2, 0) is 14.3 Å².